The quantitative estimate of drug-likeness (QED) is 0.473. The van der Waals surface area contributed by atoms with Gasteiger partial charge in [0.2, 0.25) is 0 Å². The van der Waals surface area contributed by atoms with Crippen LogP contribution in [0.4, 0.5) is 0 Å². The lowest BCUT2D eigenvalue weighted by Crippen LogP contribution is -3.00. The lowest BCUT2D eigenvalue weighted by Gasteiger charge is -1.98. The Balaban J connectivity index is 0.00000176. The van der Waals surface area contributed by atoms with E-state index in [4.69, 9.17) is 4.98 Å². The van der Waals surface area contributed by atoms with Crippen molar-refractivity contribution in [1.29, 1.82) is 0 Å². The van der Waals surface area contributed by atoms with Crippen LogP contribution in [0.1, 0.15) is 32.6 Å². The van der Waals surface area contributed by atoms with Crippen molar-refractivity contribution in [3.8, 4) is 10.6 Å². The number of nitrogens with zero attached hydrogens (tertiary/aromatic N) is 2. The number of rotatable bonds is 6. The molecule has 0 unspecified atom stereocenters. The molecule has 22 heavy (non-hydrogen) atoms. The van der Waals surface area contributed by atoms with Gasteiger partial charge in [-0.2, -0.15) is 0 Å². The van der Waals surface area contributed by atoms with E-state index in [0.29, 0.717) is 0 Å². The van der Waals surface area contributed by atoms with E-state index in [9.17, 15) is 0 Å². The number of benzene rings is 1. The van der Waals surface area contributed by atoms with E-state index in [1.54, 1.807) is 11.3 Å². The fourth-order valence-corrected chi connectivity index (χ4v) is 3.44. The van der Waals surface area contributed by atoms with Crippen LogP contribution in [0.25, 0.3) is 20.8 Å². The van der Waals surface area contributed by atoms with E-state index in [0.717, 1.165) is 17.1 Å². The zero-order chi connectivity index (χ0) is 14.5. The van der Waals surface area contributed by atoms with Crippen molar-refractivity contribution in [2.24, 2.45) is 0 Å². The summed E-state index contributed by atoms with van der Waals surface area (Å²) in [5.74, 6) is 0. The molecule has 0 atom stereocenters. The summed E-state index contributed by atoms with van der Waals surface area (Å²) >= 11 is 1.76. The Morgan fingerprint density at radius 3 is 2.50 bits per heavy atom. The van der Waals surface area contributed by atoms with E-state index in [2.05, 4.69) is 54.2 Å². The first-order valence-electron chi connectivity index (χ1n) is 7.72. The number of pyridine rings is 1. The minimum Gasteiger partial charge on any atom is -1.00 e. The van der Waals surface area contributed by atoms with Gasteiger partial charge in [-0.15, -0.1) is 11.3 Å². The molecule has 0 spiro atoms. The fourth-order valence-electron chi connectivity index (χ4n) is 2.47. The number of thiazole rings is 1. The molecule has 0 aliphatic heterocycles. The van der Waals surface area contributed by atoms with Crippen molar-refractivity contribution in [1.82, 2.24) is 4.98 Å². The van der Waals surface area contributed by atoms with Crippen LogP contribution in [0.5, 0.6) is 0 Å². The Kier molecular flexibility index (Phi) is 6.52. The molecule has 2 nitrogen and oxygen atoms in total. The molecule has 3 aromatic rings. The van der Waals surface area contributed by atoms with Gasteiger partial charge in [-0.25, -0.2) is 9.55 Å². The van der Waals surface area contributed by atoms with Crippen molar-refractivity contribution >= 4 is 21.6 Å². The molecule has 116 valence electrons. The van der Waals surface area contributed by atoms with Crippen LogP contribution in [0.2, 0.25) is 0 Å². The molecule has 0 saturated carbocycles. The number of para-hydroxylation sites is 1. The smallest absolute Gasteiger partial charge is 0.169 e. The van der Waals surface area contributed by atoms with Crippen molar-refractivity contribution in [2.45, 2.75) is 39.2 Å². The van der Waals surface area contributed by atoms with Crippen molar-refractivity contribution in [2.75, 3.05) is 0 Å². The minimum atomic E-state index is 0. The molecule has 0 amide bonds. The molecular weight excluding hydrogens is 356 g/mol. The van der Waals surface area contributed by atoms with Crippen molar-refractivity contribution in [3.05, 3.63) is 48.8 Å². The predicted molar refractivity (Wildman–Crippen MR) is 89.4 cm³/mol. The summed E-state index contributed by atoms with van der Waals surface area (Å²) in [4.78, 5) is 4.71. The van der Waals surface area contributed by atoms with Crippen LogP contribution < -0.4 is 21.5 Å². The summed E-state index contributed by atoms with van der Waals surface area (Å²) in [5.41, 5.74) is 2.30. The van der Waals surface area contributed by atoms with Crippen LogP contribution in [-0.2, 0) is 6.54 Å². The molecule has 0 fully saturated rings. The van der Waals surface area contributed by atoms with Gasteiger partial charge in [-0.1, -0.05) is 31.9 Å². The van der Waals surface area contributed by atoms with E-state index >= 15 is 0 Å². The number of fused-ring (bicyclic) bond motifs is 1. The highest BCUT2D eigenvalue weighted by atomic mass is 79.9. The van der Waals surface area contributed by atoms with Crippen LogP contribution in [0, 0.1) is 0 Å². The molecule has 3 rings (SSSR count). The number of hydrogen-bond donors (Lipinski definition) is 0. The van der Waals surface area contributed by atoms with Crippen LogP contribution in [0.15, 0.2) is 48.8 Å². The fraction of sp³-hybridized carbons (Fsp3) is 0.333. The highest BCUT2D eigenvalue weighted by Gasteiger charge is 2.07. The number of aryl methyl sites for hydroxylation is 1. The van der Waals surface area contributed by atoms with Crippen molar-refractivity contribution < 1.29 is 21.5 Å². The summed E-state index contributed by atoms with van der Waals surface area (Å²) < 4.78 is 3.52. The van der Waals surface area contributed by atoms with Crippen LogP contribution in [0.3, 0.4) is 0 Å². The molecule has 2 aromatic heterocycles. The summed E-state index contributed by atoms with van der Waals surface area (Å²) in [5, 5.41) is 1.11. The normalized spacial score (nSPS) is 10.6. The molecule has 0 N–H and O–H groups in total. The summed E-state index contributed by atoms with van der Waals surface area (Å²) in [6.45, 7) is 3.36. The standard InChI is InChI=1S/C18H21N2S.BrH/c1-2-3-4-7-12-20-13-10-15(11-14-20)18-19-16-8-5-6-9-17(16)21-18;/h5-6,8-11,13-14H,2-4,7,12H2,1H3;1H/q+1;/p-1. The van der Waals surface area contributed by atoms with Crippen molar-refractivity contribution in [3.63, 3.8) is 0 Å². The molecule has 0 aliphatic carbocycles. The van der Waals surface area contributed by atoms with Gasteiger partial charge in [0.25, 0.3) is 0 Å². The first kappa shape index (κ1) is 17.1. The molecule has 0 aliphatic rings. The van der Waals surface area contributed by atoms with Gasteiger partial charge in [-0.05, 0) is 18.6 Å². The predicted octanol–water partition coefficient (Wildman–Crippen LogP) is 1.84. The van der Waals surface area contributed by atoms with E-state index < -0.39 is 0 Å². The monoisotopic (exact) mass is 376 g/mol. The molecule has 0 saturated heterocycles. The topological polar surface area (TPSA) is 16.8 Å². The Bertz CT molecular complexity index is 673. The third-order valence-corrected chi connectivity index (χ3v) is 4.79. The van der Waals surface area contributed by atoms with Crippen LogP contribution in [-0.4, -0.2) is 4.98 Å². The van der Waals surface area contributed by atoms with E-state index in [1.807, 2.05) is 6.07 Å². The Morgan fingerprint density at radius 1 is 1.00 bits per heavy atom. The average Bonchev–Trinajstić information content (AvgIpc) is 2.96. The highest BCUT2D eigenvalue weighted by Crippen LogP contribution is 2.29. The van der Waals surface area contributed by atoms with Gasteiger partial charge < -0.3 is 17.0 Å². The van der Waals surface area contributed by atoms with E-state index in [-0.39, 0.29) is 17.0 Å². The maximum Gasteiger partial charge on any atom is 0.169 e. The second-order valence-corrected chi connectivity index (χ2v) is 6.40. The van der Waals surface area contributed by atoms with Gasteiger partial charge in [0.1, 0.15) is 11.6 Å². The number of halogens is 1. The molecule has 2 heterocycles. The molecule has 4 heteroatoms. The lowest BCUT2D eigenvalue weighted by molar-refractivity contribution is -0.697. The first-order valence-corrected chi connectivity index (χ1v) is 8.53. The highest BCUT2D eigenvalue weighted by molar-refractivity contribution is 7.21. The zero-order valence-electron chi connectivity index (χ0n) is 12.8. The second kappa shape index (κ2) is 8.39. The molecular formula is C18H21BrN2S. The maximum atomic E-state index is 4.71. The SMILES string of the molecule is CCCCCC[n+]1ccc(-c2nc3ccccc3s2)cc1.[Br-]. The Hall–Kier alpha value is -1.26. The van der Waals surface area contributed by atoms with Gasteiger partial charge in [0, 0.05) is 24.1 Å². The Labute approximate surface area is 146 Å². The maximum absolute atomic E-state index is 4.71. The van der Waals surface area contributed by atoms with Crippen LogP contribution >= 0.6 is 11.3 Å². The second-order valence-electron chi connectivity index (χ2n) is 5.37. The Morgan fingerprint density at radius 2 is 1.77 bits per heavy atom. The molecule has 0 radical (unpaired) electrons. The summed E-state index contributed by atoms with van der Waals surface area (Å²) in [6.07, 6.45) is 9.56. The number of hydrogen-bond acceptors (Lipinski definition) is 2. The number of unbranched alkanes of at least 4 members (excludes halogenated alkanes) is 3. The third kappa shape index (κ3) is 4.14. The van der Waals surface area contributed by atoms with Gasteiger partial charge in [0.05, 0.1) is 10.2 Å². The van der Waals surface area contributed by atoms with Gasteiger partial charge in [0.15, 0.2) is 12.4 Å². The van der Waals surface area contributed by atoms with Gasteiger partial charge in [-0.3, -0.25) is 0 Å². The van der Waals surface area contributed by atoms with E-state index in [1.165, 1.54) is 35.9 Å². The molecule has 1 aromatic carbocycles. The largest absolute Gasteiger partial charge is 1.00 e. The zero-order valence-corrected chi connectivity index (χ0v) is 15.2. The molecule has 0 bridgehead atoms. The lowest BCUT2D eigenvalue weighted by atomic mass is 10.2. The average molecular weight is 377 g/mol. The number of aromatic nitrogens is 2. The van der Waals surface area contributed by atoms with Gasteiger partial charge >= 0.3 is 0 Å². The third-order valence-electron chi connectivity index (χ3n) is 3.70. The summed E-state index contributed by atoms with van der Waals surface area (Å²) in [7, 11) is 0. The minimum absolute atomic E-state index is 0. The summed E-state index contributed by atoms with van der Waals surface area (Å²) in [6, 6.07) is 12.7. The first-order chi connectivity index (χ1) is 10.4.